The van der Waals surface area contributed by atoms with Crippen LogP contribution in [-0.2, 0) is 10.0 Å². The zero-order chi connectivity index (χ0) is 12.1. The van der Waals surface area contributed by atoms with E-state index in [0.717, 1.165) is 11.3 Å². The first-order chi connectivity index (χ1) is 7.33. The van der Waals surface area contributed by atoms with Gasteiger partial charge in [0.25, 0.3) is 0 Å². The third-order valence-corrected chi connectivity index (χ3v) is 4.52. The molecular weight excluding hydrogens is 226 g/mol. The third-order valence-electron chi connectivity index (χ3n) is 2.85. The molecule has 0 fully saturated rings. The van der Waals surface area contributed by atoms with Crippen LogP contribution in [0.15, 0.2) is 6.07 Å². The number of aryl methyl sites for hydroxylation is 2. The summed E-state index contributed by atoms with van der Waals surface area (Å²) in [5.41, 5.74) is 2.62. The van der Waals surface area contributed by atoms with Crippen molar-refractivity contribution in [2.45, 2.75) is 26.0 Å². The molecule has 0 amide bonds. The number of pyridine rings is 1. The van der Waals surface area contributed by atoms with E-state index in [1.54, 1.807) is 6.07 Å². The molecule has 2 N–H and O–H groups in total. The number of nitrogens with zero attached hydrogens (tertiary/aromatic N) is 1. The van der Waals surface area contributed by atoms with Crippen molar-refractivity contribution in [2.75, 3.05) is 4.72 Å². The summed E-state index contributed by atoms with van der Waals surface area (Å²) < 4.78 is 25.8. The molecular formula is C10H13N3O2S. The largest absolute Gasteiger partial charge is 0.302 e. The zero-order valence-corrected chi connectivity index (χ0v) is 10.1. The van der Waals surface area contributed by atoms with E-state index in [-0.39, 0.29) is 5.71 Å². The quantitative estimate of drug-likeness (QED) is 0.713. The Labute approximate surface area is 94.5 Å². The van der Waals surface area contributed by atoms with Crippen LogP contribution in [0.3, 0.4) is 0 Å². The van der Waals surface area contributed by atoms with Gasteiger partial charge in [-0.15, -0.1) is 0 Å². The molecule has 1 aromatic rings. The first-order valence-corrected chi connectivity index (χ1v) is 6.46. The number of hydrogen-bond donors (Lipinski definition) is 2. The Morgan fingerprint density at radius 1 is 1.44 bits per heavy atom. The van der Waals surface area contributed by atoms with Gasteiger partial charge in [0.2, 0.25) is 10.0 Å². The van der Waals surface area contributed by atoms with Crippen LogP contribution < -0.4 is 4.72 Å². The molecule has 0 aliphatic carbocycles. The topological polar surface area (TPSA) is 82.9 Å². The molecule has 1 aliphatic rings. The molecule has 5 nitrogen and oxygen atoms in total. The van der Waals surface area contributed by atoms with Crippen molar-refractivity contribution < 1.29 is 8.42 Å². The lowest BCUT2D eigenvalue weighted by Gasteiger charge is -2.24. The van der Waals surface area contributed by atoms with E-state index in [1.807, 2.05) is 13.8 Å². The maximum absolute atomic E-state index is 11.7. The van der Waals surface area contributed by atoms with E-state index in [4.69, 9.17) is 5.41 Å². The van der Waals surface area contributed by atoms with Crippen LogP contribution in [0.1, 0.15) is 23.9 Å². The summed E-state index contributed by atoms with van der Waals surface area (Å²) in [6, 6.07) is 1.72. The van der Waals surface area contributed by atoms with Crippen molar-refractivity contribution in [3.63, 3.8) is 0 Å². The second-order valence-electron chi connectivity index (χ2n) is 3.99. The molecule has 16 heavy (non-hydrogen) atoms. The molecule has 0 saturated heterocycles. The molecule has 6 heteroatoms. The van der Waals surface area contributed by atoms with E-state index in [1.165, 1.54) is 6.92 Å². The first kappa shape index (κ1) is 11.1. The summed E-state index contributed by atoms with van der Waals surface area (Å²) >= 11 is 0. The number of fused-ring (bicyclic) bond motifs is 1. The lowest BCUT2D eigenvalue weighted by molar-refractivity contribution is 0.597. The van der Waals surface area contributed by atoms with Gasteiger partial charge in [-0.2, -0.15) is 0 Å². The van der Waals surface area contributed by atoms with E-state index in [0.29, 0.717) is 11.4 Å². The predicted octanol–water partition coefficient (Wildman–Crippen LogP) is 1.21. The highest BCUT2D eigenvalue weighted by molar-refractivity contribution is 7.94. The Morgan fingerprint density at radius 3 is 2.69 bits per heavy atom. The van der Waals surface area contributed by atoms with Gasteiger partial charge in [0.15, 0.2) is 0 Å². The fraction of sp³-hybridized carbons (Fsp3) is 0.400. The summed E-state index contributed by atoms with van der Waals surface area (Å²) in [6.07, 6.45) is 0. The maximum Gasteiger partial charge on any atom is 0.241 e. The van der Waals surface area contributed by atoms with Gasteiger partial charge >= 0.3 is 0 Å². The van der Waals surface area contributed by atoms with Gasteiger partial charge in [0, 0.05) is 5.69 Å². The van der Waals surface area contributed by atoms with Crippen molar-refractivity contribution in [3.8, 4) is 0 Å². The van der Waals surface area contributed by atoms with Crippen molar-refractivity contribution in [2.24, 2.45) is 0 Å². The molecule has 0 spiro atoms. The van der Waals surface area contributed by atoms with Crippen LogP contribution >= 0.6 is 0 Å². The van der Waals surface area contributed by atoms with Crippen LogP contribution in [0.25, 0.3) is 0 Å². The van der Waals surface area contributed by atoms with E-state index >= 15 is 0 Å². The number of rotatable bonds is 0. The fourth-order valence-electron chi connectivity index (χ4n) is 1.58. The number of aromatic nitrogens is 1. The minimum atomic E-state index is -3.47. The maximum atomic E-state index is 11.7. The summed E-state index contributed by atoms with van der Waals surface area (Å²) in [4.78, 5) is 4.26. The molecule has 86 valence electrons. The molecule has 0 radical (unpaired) electrons. The highest BCUT2D eigenvalue weighted by Gasteiger charge is 2.34. The van der Waals surface area contributed by atoms with Gasteiger partial charge in [0.05, 0.1) is 11.4 Å². The molecule has 1 unspecified atom stereocenters. The standard InChI is InChI=1S/C10H13N3O2S/c1-5-4-8-10(12-6(5)2)9(11)7(3)16(14,15)13-8/h4,7,11,13H,1-3H3. The van der Waals surface area contributed by atoms with Gasteiger partial charge in [-0.1, -0.05) is 0 Å². The molecule has 1 aromatic heterocycles. The van der Waals surface area contributed by atoms with Crippen LogP contribution in [0, 0.1) is 19.3 Å². The molecule has 1 aliphatic heterocycles. The van der Waals surface area contributed by atoms with E-state index < -0.39 is 15.3 Å². The van der Waals surface area contributed by atoms with Crippen molar-refractivity contribution in [1.29, 1.82) is 5.41 Å². The van der Waals surface area contributed by atoms with Gasteiger partial charge in [-0.05, 0) is 32.4 Å². The van der Waals surface area contributed by atoms with Crippen LogP contribution in [0.4, 0.5) is 5.69 Å². The van der Waals surface area contributed by atoms with Crippen LogP contribution in [0.5, 0.6) is 0 Å². The van der Waals surface area contributed by atoms with Gasteiger partial charge in [-0.3, -0.25) is 4.72 Å². The minimum Gasteiger partial charge on any atom is -0.302 e. The minimum absolute atomic E-state index is 0.0526. The van der Waals surface area contributed by atoms with Crippen molar-refractivity contribution in [1.82, 2.24) is 4.98 Å². The molecule has 1 atom stereocenters. The Morgan fingerprint density at radius 2 is 2.06 bits per heavy atom. The van der Waals surface area contributed by atoms with Crippen LogP contribution in [-0.4, -0.2) is 24.4 Å². The smallest absolute Gasteiger partial charge is 0.241 e. The lowest BCUT2D eigenvalue weighted by atomic mass is 10.1. The molecule has 0 saturated carbocycles. The van der Waals surface area contributed by atoms with Gasteiger partial charge in [0.1, 0.15) is 10.9 Å². The SMILES string of the molecule is Cc1cc2c(nc1C)C(=N)C(C)S(=O)(=O)N2. The average Bonchev–Trinajstić information content (AvgIpc) is 2.18. The Kier molecular flexibility index (Phi) is 2.27. The first-order valence-electron chi connectivity index (χ1n) is 4.91. The third kappa shape index (κ3) is 1.49. The predicted molar refractivity (Wildman–Crippen MR) is 62.5 cm³/mol. The normalized spacial score (nSPS) is 22.4. The number of hydrogen-bond acceptors (Lipinski definition) is 4. The van der Waals surface area contributed by atoms with Gasteiger partial charge in [-0.25, -0.2) is 13.4 Å². The van der Waals surface area contributed by atoms with E-state index in [2.05, 4.69) is 9.71 Å². The van der Waals surface area contributed by atoms with Crippen LogP contribution in [0.2, 0.25) is 0 Å². The second kappa shape index (κ2) is 3.28. The van der Waals surface area contributed by atoms with Gasteiger partial charge < -0.3 is 5.41 Å². The zero-order valence-electron chi connectivity index (χ0n) is 9.33. The Balaban J connectivity index is 2.69. The summed E-state index contributed by atoms with van der Waals surface area (Å²) in [6.45, 7) is 5.19. The lowest BCUT2D eigenvalue weighted by Crippen LogP contribution is -2.38. The Hall–Kier alpha value is -1.43. The summed E-state index contributed by atoms with van der Waals surface area (Å²) in [5.74, 6) is 0. The van der Waals surface area contributed by atoms with Crippen molar-refractivity contribution >= 4 is 21.4 Å². The summed E-state index contributed by atoms with van der Waals surface area (Å²) in [7, 11) is -3.47. The van der Waals surface area contributed by atoms with Crippen molar-refractivity contribution in [3.05, 3.63) is 23.0 Å². The number of nitrogens with one attached hydrogen (secondary N) is 2. The summed E-state index contributed by atoms with van der Waals surface area (Å²) in [5, 5.41) is 6.97. The Bertz CT molecular complexity index is 578. The molecule has 2 heterocycles. The number of sulfonamides is 1. The number of anilines is 1. The average molecular weight is 239 g/mol. The monoisotopic (exact) mass is 239 g/mol. The highest BCUT2D eigenvalue weighted by Crippen LogP contribution is 2.27. The highest BCUT2D eigenvalue weighted by atomic mass is 32.2. The second-order valence-corrected chi connectivity index (χ2v) is 5.99. The molecule has 0 bridgehead atoms. The molecule has 0 aromatic carbocycles. The fourth-order valence-corrected chi connectivity index (χ4v) is 2.64. The molecule has 2 rings (SSSR count). The van der Waals surface area contributed by atoms with E-state index in [9.17, 15) is 8.42 Å².